The molecule has 0 saturated carbocycles. The number of amides is 2. The number of carboxylic acids is 1. The van der Waals surface area contributed by atoms with Crippen molar-refractivity contribution in [3.8, 4) is 18.2 Å². The van der Waals surface area contributed by atoms with Crippen LogP contribution in [0, 0.1) is 34.0 Å². The number of carbonyl (C=O) groups is 4. The van der Waals surface area contributed by atoms with Crippen molar-refractivity contribution >= 4 is 47.0 Å². The fraction of sp³-hybridized carbons (Fsp3) is 0.441. The predicted octanol–water partition coefficient (Wildman–Crippen LogP) is 8.73. The van der Waals surface area contributed by atoms with Crippen molar-refractivity contribution in [2.75, 3.05) is 88.3 Å². The maximum Gasteiger partial charge on any atom is 0.449 e. The van der Waals surface area contributed by atoms with Gasteiger partial charge in [0.15, 0.2) is 23.0 Å². The normalized spacial score (nSPS) is 13.8. The monoisotopic (exact) mass is 1150 g/mol. The Bertz CT molecular complexity index is 2870. The molecule has 5 heterocycles. The molecule has 3 aromatic carbocycles. The first kappa shape index (κ1) is 68.0. The van der Waals surface area contributed by atoms with E-state index in [4.69, 9.17) is 37.2 Å². The lowest BCUT2D eigenvalue weighted by Crippen LogP contribution is -2.49. The van der Waals surface area contributed by atoms with Crippen LogP contribution < -0.4 is 20.4 Å². The van der Waals surface area contributed by atoms with Gasteiger partial charge in [0.1, 0.15) is 17.7 Å². The van der Waals surface area contributed by atoms with E-state index in [1.165, 1.54) is 11.1 Å². The number of nitriles is 3. The minimum Gasteiger partial charge on any atom is -0.481 e. The Morgan fingerprint density at radius 2 is 1.01 bits per heavy atom. The lowest BCUT2D eigenvalue weighted by molar-refractivity contribution is -0.168. The smallest absolute Gasteiger partial charge is 0.449 e. The molecular formula is C59H73ClF3N13O6. The molecule has 438 valence electrons. The molecule has 82 heavy (non-hydrogen) atoms. The van der Waals surface area contributed by atoms with Crippen LogP contribution in [0.3, 0.4) is 0 Å². The predicted molar refractivity (Wildman–Crippen MR) is 307 cm³/mol. The van der Waals surface area contributed by atoms with Crippen LogP contribution in [0.4, 0.5) is 29.6 Å². The molecule has 0 unspecified atom stereocenters. The number of alkyl halides is 3. The van der Waals surface area contributed by atoms with Crippen molar-refractivity contribution in [2.24, 2.45) is 0 Å². The molecule has 3 aliphatic rings. The number of ether oxygens (including phenoxy) is 1. The Morgan fingerprint density at radius 1 is 0.598 bits per heavy atom. The first-order chi connectivity index (χ1) is 38.8. The molecule has 0 spiro atoms. The van der Waals surface area contributed by atoms with Gasteiger partial charge in [0.25, 0.3) is 0 Å². The third kappa shape index (κ3) is 26.4. The van der Waals surface area contributed by atoms with Crippen molar-refractivity contribution in [3.05, 3.63) is 141 Å². The number of aliphatic carboxylic acids is 1. The number of Topliss-reactive ketones (excluding diaryl/α,β-unsaturated/α-hetero) is 1. The summed E-state index contributed by atoms with van der Waals surface area (Å²) >= 11 is 5.56. The number of hydrogen-bond acceptors (Lipinski definition) is 16. The van der Waals surface area contributed by atoms with Crippen molar-refractivity contribution in [1.29, 1.82) is 15.8 Å². The molecule has 0 aliphatic carbocycles. The fourth-order valence-corrected chi connectivity index (χ4v) is 7.51. The molecule has 8 rings (SSSR count). The number of piperazine rings is 3. The Kier molecular flexibility index (Phi) is 28.9. The Morgan fingerprint density at radius 3 is 1.37 bits per heavy atom. The van der Waals surface area contributed by atoms with Gasteiger partial charge < -0.3 is 40.1 Å². The van der Waals surface area contributed by atoms with Gasteiger partial charge in [-0.1, -0.05) is 87.8 Å². The van der Waals surface area contributed by atoms with Crippen LogP contribution in [0.2, 0.25) is 5.02 Å². The van der Waals surface area contributed by atoms with Crippen molar-refractivity contribution in [1.82, 2.24) is 40.8 Å². The molecule has 5 aromatic rings. The SMILES string of the molecule is CC(=O)C(F)(F)F.CC(C)(C)OC(=O)N1CCNCC1.CC(C)c1ccc(CC(=O)N2CCN(c3ccc(C#N)nn3)CC2)cc1.CC(C)c1ccc(CC(=O)O)cc1.N#Cc1ccc(Cl)cc1.N#Cc1ccc(N2CCNCC2)nn1. The number of carbonyl (C=O) groups excluding carboxylic acids is 3. The van der Waals surface area contributed by atoms with E-state index in [0.717, 1.165) is 88.2 Å². The summed E-state index contributed by atoms with van der Waals surface area (Å²) in [6.45, 7) is 24.5. The van der Waals surface area contributed by atoms with Gasteiger partial charge in [-0.25, -0.2) is 4.79 Å². The Balaban J connectivity index is 0.000000273. The highest BCUT2D eigenvalue weighted by molar-refractivity contribution is 6.30. The van der Waals surface area contributed by atoms with E-state index in [1.54, 1.807) is 47.4 Å². The van der Waals surface area contributed by atoms with Gasteiger partial charge in [-0.3, -0.25) is 14.4 Å². The second kappa shape index (κ2) is 34.8. The number of hydrogen-bond donors (Lipinski definition) is 3. The van der Waals surface area contributed by atoms with Gasteiger partial charge in [-0.15, -0.1) is 20.4 Å². The molecule has 3 aliphatic heterocycles. The van der Waals surface area contributed by atoms with Crippen LogP contribution in [-0.2, 0) is 32.0 Å². The minimum atomic E-state index is -4.64. The summed E-state index contributed by atoms with van der Waals surface area (Å²) in [6.07, 6.45) is -4.29. The molecule has 0 bridgehead atoms. The van der Waals surface area contributed by atoms with Crippen LogP contribution >= 0.6 is 11.6 Å². The maximum atomic E-state index is 12.6. The van der Waals surface area contributed by atoms with Crippen molar-refractivity contribution < 1.29 is 42.2 Å². The second-order valence-corrected chi connectivity index (χ2v) is 20.7. The van der Waals surface area contributed by atoms with Crippen LogP contribution in [0.5, 0.6) is 0 Å². The Hall–Kier alpha value is -8.23. The van der Waals surface area contributed by atoms with Crippen molar-refractivity contribution in [2.45, 2.75) is 91.8 Å². The van der Waals surface area contributed by atoms with E-state index < -0.39 is 17.9 Å². The number of nitrogens with one attached hydrogen (secondary N) is 2. The van der Waals surface area contributed by atoms with Gasteiger partial charge in [0.05, 0.1) is 24.5 Å². The van der Waals surface area contributed by atoms with Crippen molar-refractivity contribution in [3.63, 3.8) is 0 Å². The minimum absolute atomic E-state index is 0.109. The average molecular weight is 1150 g/mol. The van der Waals surface area contributed by atoms with E-state index >= 15 is 0 Å². The highest BCUT2D eigenvalue weighted by Gasteiger charge is 2.33. The first-order valence-electron chi connectivity index (χ1n) is 26.6. The number of halogens is 4. The highest BCUT2D eigenvalue weighted by atomic mass is 35.5. The van der Waals surface area contributed by atoms with E-state index in [0.29, 0.717) is 60.2 Å². The zero-order valence-corrected chi connectivity index (χ0v) is 48.5. The zero-order chi connectivity index (χ0) is 60.8. The molecule has 3 fully saturated rings. The largest absolute Gasteiger partial charge is 0.481 e. The summed E-state index contributed by atoms with van der Waals surface area (Å²) in [5, 5.41) is 57.1. The van der Waals surface area contributed by atoms with E-state index in [9.17, 15) is 32.3 Å². The maximum absolute atomic E-state index is 12.6. The van der Waals surface area contributed by atoms with Crippen LogP contribution in [0.15, 0.2) is 97.1 Å². The third-order valence-corrected chi connectivity index (χ3v) is 12.3. The first-order valence-corrected chi connectivity index (χ1v) is 27.0. The number of carboxylic acid groups (broad SMARTS) is 1. The van der Waals surface area contributed by atoms with E-state index in [1.807, 2.05) is 74.2 Å². The van der Waals surface area contributed by atoms with Gasteiger partial charge >= 0.3 is 18.2 Å². The van der Waals surface area contributed by atoms with Crippen LogP contribution in [-0.4, -0.2) is 149 Å². The molecule has 3 saturated heterocycles. The third-order valence-electron chi connectivity index (χ3n) is 12.1. The van der Waals surface area contributed by atoms with E-state index in [-0.39, 0.29) is 24.0 Å². The summed E-state index contributed by atoms with van der Waals surface area (Å²) in [4.78, 5) is 51.7. The molecule has 3 N–H and O–H groups in total. The number of rotatable bonds is 8. The highest BCUT2D eigenvalue weighted by Crippen LogP contribution is 2.19. The molecule has 19 nitrogen and oxygen atoms in total. The molecule has 0 radical (unpaired) electrons. The number of aromatic nitrogens is 4. The summed E-state index contributed by atoms with van der Waals surface area (Å²) < 4.78 is 37.7. The summed E-state index contributed by atoms with van der Waals surface area (Å²) in [6, 6.07) is 35.7. The summed E-state index contributed by atoms with van der Waals surface area (Å²) in [7, 11) is 0. The lowest BCUT2D eigenvalue weighted by Gasteiger charge is -2.35. The van der Waals surface area contributed by atoms with Gasteiger partial charge in [-0.2, -0.15) is 29.0 Å². The molecule has 0 atom stereocenters. The standard InChI is InChI=1S/C20H23N5O.C11H14O2.C9H11N5.C9H18N2O2.C7H4ClN.C3H3F3O/c1-15(2)17-5-3-16(4-6-17)13-20(26)25-11-9-24(10-12-25)19-8-7-18(14-21)22-23-19;1-8(2)10-5-3-9(4-6-10)7-11(12)13;10-7-8-1-2-9(13-12-8)14-5-3-11-4-6-14;1-9(2,3)13-8(12)11-6-4-10-5-7-11;8-7-3-1-6(5-9)2-4-7;1-2(7)3(4,5)6/h3-8,15H,9-13H2,1-2H3;3-6,8H,7H2,1-2H3,(H,12,13);1-2,11H,3-6H2;10H,4-7H2,1-3H3;1-4H;1H3. The number of anilines is 2. The lowest BCUT2D eigenvalue weighted by atomic mass is 10.0. The van der Waals surface area contributed by atoms with Crippen LogP contribution in [0.25, 0.3) is 0 Å². The molecular weight excluding hydrogens is 1080 g/mol. The zero-order valence-electron chi connectivity index (χ0n) is 47.7. The topological polar surface area (TPSA) is 258 Å². The number of nitrogens with zero attached hydrogens (tertiary/aromatic N) is 11. The van der Waals surface area contributed by atoms with Gasteiger partial charge in [0, 0.05) is 90.5 Å². The van der Waals surface area contributed by atoms with Gasteiger partial charge in [0.2, 0.25) is 11.7 Å². The average Bonchev–Trinajstić information content (AvgIpc) is 3.46. The number of ketones is 1. The molecule has 23 heteroatoms. The van der Waals surface area contributed by atoms with Gasteiger partial charge in [-0.05, 0) is 103 Å². The molecule has 2 amide bonds. The summed E-state index contributed by atoms with van der Waals surface area (Å²) in [5.41, 5.74) is 5.38. The van der Waals surface area contributed by atoms with E-state index in [2.05, 4.69) is 92.8 Å². The Labute approximate surface area is 483 Å². The second-order valence-electron chi connectivity index (χ2n) is 20.3. The fourth-order valence-electron chi connectivity index (χ4n) is 7.39. The quantitative estimate of drug-likeness (QED) is 0.131. The summed E-state index contributed by atoms with van der Waals surface area (Å²) in [5.74, 6) is 0.223. The number of benzene rings is 3. The van der Waals surface area contributed by atoms with Crippen LogP contribution in [0.1, 0.15) is 106 Å². The molecule has 2 aromatic heterocycles.